The van der Waals surface area contributed by atoms with E-state index in [0.717, 1.165) is 11.3 Å². The van der Waals surface area contributed by atoms with Crippen molar-refractivity contribution < 1.29 is 14.3 Å². The number of para-hydroxylation sites is 1. The fourth-order valence-corrected chi connectivity index (χ4v) is 3.08. The highest BCUT2D eigenvalue weighted by molar-refractivity contribution is 7.07. The normalized spacial score (nSPS) is 11.8. The van der Waals surface area contributed by atoms with Crippen molar-refractivity contribution in [3.63, 3.8) is 0 Å². The lowest BCUT2D eigenvalue weighted by atomic mass is 10.3. The Morgan fingerprint density at radius 1 is 1.33 bits per heavy atom. The van der Waals surface area contributed by atoms with E-state index in [9.17, 15) is 14.4 Å². The summed E-state index contributed by atoms with van der Waals surface area (Å²) in [7, 11) is 0. The SMILES string of the molecule is Cc1csc(=O)n1CC(=O)O[C@@H](C)C(=O)Nc1c(Cl)cccc1Cl. The molecule has 0 aliphatic carbocycles. The molecule has 0 saturated carbocycles. The summed E-state index contributed by atoms with van der Waals surface area (Å²) in [6.07, 6.45) is -1.07. The molecule has 0 bridgehead atoms. The summed E-state index contributed by atoms with van der Waals surface area (Å²) in [6, 6.07) is 4.79. The number of benzene rings is 1. The molecule has 6 nitrogen and oxygen atoms in total. The van der Waals surface area contributed by atoms with E-state index < -0.39 is 18.0 Å². The number of anilines is 1. The van der Waals surface area contributed by atoms with Gasteiger partial charge in [0.25, 0.3) is 5.91 Å². The maximum Gasteiger partial charge on any atom is 0.326 e. The number of ether oxygens (including phenoxy) is 1. The van der Waals surface area contributed by atoms with Crippen LogP contribution in [-0.4, -0.2) is 22.5 Å². The first kappa shape index (κ1) is 18.5. The topological polar surface area (TPSA) is 77.4 Å². The van der Waals surface area contributed by atoms with Gasteiger partial charge in [-0.3, -0.25) is 19.0 Å². The number of aromatic nitrogens is 1. The number of halogens is 2. The van der Waals surface area contributed by atoms with Gasteiger partial charge in [0, 0.05) is 11.1 Å². The molecule has 9 heteroatoms. The van der Waals surface area contributed by atoms with Gasteiger partial charge in [-0.1, -0.05) is 40.6 Å². The molecule has 0 fully saturated rings. The van der Waals surface area contributed by atoms with Crippen molar-refractivity contribution in [2.75, 3.05) is 5.32 Å². The average molecular weight is 389 g/mol. The molecule has 1 N–H and O–H groups in total. The first-order chi connectivity index (χ1) is 11.3. The zero-order valence-electron chi connectivity index (χ0n) is 12.8. The summed E-state index contributed by atoms with van der Waals surface area (Å²) in [5.41, 5.74) is 0.903. The molecule has 1 atom stereocenters. The van der Waals surface area contributed by atoms with Crippen LogP contribution in [0.1, 0.15) is 12.6 Å². The Hall–Kier alpha value is -1.83. The van der Waals surface area contributed by atoms with Crippen LogP contribution in [0, 0.1) is 6.92 Å². The molecule has 1 amide bonds. The van der Waals surface area contributed by atoms with Gasteiger partial charge >= 0.3 is 10.8 Å². The third kappa shape index (κ3) is 4.37. The van der Waals surface area contributed by atoms with Crippen molar-refractivity contribution in [3.8, 4) is 0 Å². The van der Waals surface area contributed by atoms with Crippen molar-refractivity contribution >= 4 is 52.1 Å². The monoisotopic (exact) mass is 388 g/mol. The molecule has 128 valence electrons. The quantitative estimate of drug-likeness (QED) is 0.798. The standard InChI is InChI=1S/C15H14Cl2N2O4S/c1-8-7-24-15(22)19(8)6-12(20)23-9(2)14(21)18-13-10(16)4-3-5-11(13)17/h3-5,7,9H,6H2,1-2H3,(H,18,21)/t9-/m0/s1. The molecule has 0 spiro atoms. The predicted octanol–water partition coefficient (Wildman–Crippen LogP) is 3.10. The first-order valence-corrected chi connectivity index (χ1v) is 8.52. The Morgan fingerprint density at radius 2 is 1.96 bits per heavy atom. The third-order valence-electron chi connectivity index (χ3n) is 3.15. The maximum atomic E-state index is 12.1. The number of thiazole rings is 1. The highest BCUT2D eigenvalue weighted by Crippen LogP contribution is 2.29. The second-order valence-electron chi connectivity index (χ2n) is 4.95. The van der Waals surface area contributed by atoms with E-state index in [-0.39, 0.29) is 27.2 Å². The molecular formula is C15H14Cl2N2O4S. The molecule has 0 aliphatic heterocycles. The molecule has 2 rings (SSSR count). The predicted molar refractivity (Wildman–Crippen MR) is 94.0 cm³/mol. The van der Waals surface area contributed by atoms with Gasteiger partial charge in [0.2, 0.25) is 0 Å². The van der Waals surface area contributed by atoms with Crippen LogP contribution in [0.25, 0.3) is 0 Å². The van der Waals surface area contributed by atoms with Crippen LogP contribution in [0.2, 0.25) is 10.0 Å². The molecule has 24 heavy (non-hydrogen) atoms. The van der Waals surface area contributed by atoms with Crippen LogP contribution in [0.15, 0.2) is 28.4 Å². The molecule has 0 saturated heterocycles. The molecule has 2 aromatic rings. The van der Waals surface area contributed by atoms with Crippen LogP contribution in [0.3, 0.4) is 0 Å². The van der Waals surface area contributed by atoms with Gasteiger partial charge in [-0.05, 0) is 26.0 Å². The Kier molecular flexibility index (Phi) is 6.04. The summed E-state index contributed by atoms with van der Waals surface area (Å²) in [6.45, 7) is 2.88. The van der Waals surface area contributed by atoms with E-state index in [1.54, 1.807) is 30.5 Å². The second-order valence-corrected chi connectivity index (χ2v) is 6.58. The number of hydrogen-bond acceptors (Lipinski definition) is 5. The van der Waals surface area contributed by atoms with Gasteiger partial charge in [0.05, 0.1) is 15.7 Å². The van der Waals surface area contributed by atoms with Crippen LogP contribution in [0.4, 0.5) is 5.69 Å². The van der Waals surface area contributed by atoms with Crippen molar-refractivity contribution in [1.29, 1.82) is 0 Å². The Labute approximate surface area is 152 Å². The van der Waals surface area contributed by atoms with E-state index in [1.807, 2.05) is 0 Å². The molecule has 1 aromatic heterocycles. The van der Waals surface area contributed by atoms with Crippen molar-refractivity contribution in [2.24, 2.45) is 0 Å². The maximum absolute atomic E-state index is 12.1. The summed E-state index contributed by atoms with van der Waals surface area (Å²) in [5, 5.41) is 4.71. The highest BCUT2D eigenvalue weighted by Gasteiger charge is 2.20. The molecule has 0 unspecified atom stereocenters. The third-order valence-corrected chi connectivity index (χ3v) is 4.66. The fourth-order valence-electron chi connectivity index (χ4n) is 1.86. The van der Waals surface area contributed by atoms with E-state index in [4.69, 9.17) is 27.9 Å². The lowest BCUT2D eigenvalue weighted by Crippen LogP contribution is -2.32. The Morgan fingerprint density at radius 3 is 2.50 bits per heavy atom. The van der Waals surface area contributed by atoms with Gasteiger partial charge in [-0.25, -0.2) is 0 Å². The van der Waals surface area contributed by atoms with Crippen molar-refractivity contribution in [2.45, 2.75) is 26.5 Å². The highest BCUT2D eigenvalue weighted by atomic mass is 35.5. The molecule has 0 radical (unpaired) electrons. The van der Waals surface area contributed by atoms with Gasteiger partial charge < -0.3 is 10.1 Å². The summed E-state index contributed by atoms with van der Waals surface area (Å²) in [5.74, 6) is -1.26. The van der Waals surface area contributed by atoms with Gasteiger partial charge in [-0.2, -0.15) is 0 Å². The van der Waals surface area contributed by atoms with Crippen LogP contribution in [0.5, 0.6) is 0 Å². The number of amides is 1. The Balaban J connectivity index is 1.99. The van der Waals surface area contributed by atoms with E-state index >= 15 is 0 Å². The Bertz CT molecular complexity index is 811. The number of hydrogen-bond donors (Lipinski definition) is 1. The number of esters is 1. The lowest BCUT2D eigenvalue weighted by molar-refractivity contribution is -0.153. The number of carbonyl (C=O) groups is 2. The van der Waals surface area contributed by atoms with Crippen LogP contribution < -0.4 is 10.2 Å². The number of carbonyl (C=O) groups excluding carboxylic acids is 2. The average Bonchev–Trinajstić information content (AvgIpc) is 2.82. The van der Waals surface area contributed by atoms with Gasteiger partial charge in [0.15, 0.2) is 6.10 Å². The minimum Gasteiger partial charge on any atom is -0.451 e. The zero-order chi connectivity index (χ0) is 17.9. The summed E-state index contributed by atoms with van der Waals surface area (Å²) in [4.78, 5) is 35.3. The number of nitrogens with one attached hydrogen (secondary N) is 1. The van der Waals surface area contributed by atoms with Crippen LogP contribution >= 0.6 is 34.5 Å². The lowest BCUT2D eigenvalue weighted by Gasteiger charge is -2.15. The van der Waals surface area contributed by atoms with E-state index in [0.29, 0.717) is 5.69 Å². The van der Waals surface area contributed by atoms with Crippen molar-refractivity contribution in [1.82, 2.24) is 4.57 Å². The second kappa shape index (κ2) is 7.83. The molecular weight excluding hydrogens is 375 g/mol. The van der Waals surface area contributed by atoms with Crippen molar-refractivity contribution in [3.05, 3.63) is 49.0 Å². The first-order valence-electron chi connectivity index (χ1n) is 6.89. The van der Waals surface area contributed by atoms with E-state index in [1.165, 1.54) is 11.5 Å². The molecule has 1 heterocycles. The fraction of sp³-hybridized carbons (Fsp3) is 0.267. The smallest absolute Gasteiger partial charge is 0.326 e. The largest absolute Gasteiger partial charge is 0.451 e. The summed E-state index contributed by atoms with van der Waals surface area (Å²) < 4.78 is 6.34. The minimum atomic E-state index is -1.07. The molecule has 0 aliphatic rings. The minimum absolute atomic E-state index is 0.249. The number of nitrogens with zero attached hydrogens (tertiary/aromatic N) is 1. The number of aryl methyl sites for hydroxylation is 1. The molecule has 1 aromatic carbocycles. The van der Waals surface area contributed by atoms with Crippen LogP contribution in [-0.2, 0) is 20.9 Å². The zero-order valence-corrected chi connectivity index (χ0v) is 15.2. The number of rotatable bonds is 5. The summed E-state index contributed by atoms with van der Waals surface area (Å²) >= 11 is 12.9. The van der Waals surface area contributed by atoms with E-state index in [2.05, 4.69) is 5.32 Å². The van der Waals surface area contributed by atoms with Gasteiger partial charge in [0.1, 0.15) is 6.54 Å². The van der Waals surface area contributed by atoms with Gasteiger partial charge in [-0.15, -0.1) is 0 Å².